The molecule has 0 saturated heterocycles. The number of hydrogen-bond donors (Lipinski definition) is 3. The molecule has 0 unspecified atom stereocenters. The Morgan fingerprint density at radius 2 is 1.80 bits per heavy atom. The summed E-state index contributed by atoms with van der Waals surface area (Å²) in [6, 6.07) is 9.52. The van der Waals surface area contributed by atoms with Crippen molar-refractivity contribution in [1.82, 2.24) is 15.0 Å². The summed E-state index contributed by atoms with van der Waals surface area (Å²) < 4.78 is 0.673. The smallest absolute Gasteiger partial charge is 0.251 e. The highest BCUT2D eigenvalue weighted by molar-refractivity contribution is 9.10. The van der Waals surface area contributed by atoms with Gasteiger partial charge in [-0.1, -0.05) is 44.2 Å². The maximum Gasteiger partial charge on any atom is 0.251 e. The normalized spacial score (nSPS) is 10.1. The van der Waals surface area contributed by atoms with Crippen LogP contribution >= 0.6 is 15.9 Å². The van der Waals surface area contributed by atoms with Gasteiger partial charge in [-0.15, -0.1) is 0 Å². The molecule has 0 aliphatic carbocycles. The number of nitrogens with zero attached hydrogens (tertiary/aromatic N) is 2. The first kappa shape index (κ1) is 18.7. The summed E-state index contributed by atoms with van der Waals surface area (Å²) in [6.07, 6.45) is 1.57. The second kappa shape index (κ2) is 7.94. The zero-order valence-corrected chi connectivity index (χ0v) is 15.9. The van der Waals surface area contributed by atoms with E-state index in [9.17, 15) is 4.79 Å². The number of benzene rings is 1. The highest BCUT2D eigenvalue weighted by atomic mass is 79.9. The standard InChI is InChI=1S/C16H14BrN5O.C2H6/c1-8-11(15(18)23)13(9-5-3-2-4-6-9)21-12(8)14-10(17)7-20-16(19)22-14;1-2/h2-7,21H,1H3,(H2,18,23)(H2,19,20,22);1-2H3. The van der Waals surface area contributed by atoms with E-state index in [4.69, 9.17) is 11.5 Å². The fourth-order valence-electron chi connectivity index (χ4n) is 2.52. The first-order valence-electron chi connectivity index (χ1n) is 7.85. The maximum absolute atomic E-state index is 11.9. The highest BCUT2D eigenvalue weighted by Gasteiger charge is 2.22. The zero-order chi connectivity index (χ0) is 18.6. The van der Waals surface area contributed by atoms with Crippen LogP contribution in [-0.2, 0) is 0 Å². The molecule has 0 bridgehead atoms. The molecule has 5 N–H and O–H groups in total. The highest BCUT2D eigenvalue weighted by Crippen LogP contribution is 2.35. The number of halogens is 1. The third kappa shape index (κ3) is 3.71. The van der Waals surface area contributed by atoms with Gasteiger partial charge in [0.25, 0.3) is 5.91 Å². The molecule has 7 heteroatoms. The van der Waals surface area contributed by atoms with E-state index in [0.717, 1.165) is 11.1 Å². The summed E-state index contributed by atoms with van der Waals surface area (Å²) in [7, 11) is 0. The quantitative estimate of drug-likeness (QED) is 0.617. The fourth-order valence-corrected chi connectivity index (χ4v) is 2.91. The monoisotopic (exact) mass is 401 g/mol. The van der Waals surface area contributed by atoms with Crippen LogP contribution in [0.5, 0.6) is 0 Å². The Morgan fingerprint density at radius 3 is 2.40 bits per heavy atom. The molecule has 0 saturated carbocycles. The lowest BCUT2D eigenvalue weighted by Gasteiger charge is -2.03. The number of primary amides is 1. The van der Waals surface area contributed by atoms with Gasteiger partial charge in [0.15, 0.2) is 0 Å². The molecular formula is C18H20BrN5O. The van der Waals surface area contributed by atoms with E-state index >= 15 is 0 Å². The fraction of sp³-hybridized carbons (Fsp3) is 0.167. The van der Waals surface area contributed by atoms with E-state index in [0.29, 0.717) is 27.1 Å². The predicted molar refractivity (Wildman–Crippen MR) is 104 cm³/mol. The molecule has 0 aliphatic rings. The second-order valence-corrected chi connectivity index (χ2v) is 5.88. The molecule has 1 aromatic carbocycles. The van der Waals surface area contributed by atoms with Crippen LogP contribution in [0.25, 0.3) is 22.6 Å². The van der Waals surface area contributed by atoms with Gasteiger partial charge in [-0.3, -0.25) is 4.79 Å². The molecule has 3 aromatic rings. The molecule has 1 amide bonds. The molecule has 6 nitrogen and oxygen atoms in total. The summed E-state index contributed by atoms with van der Waals surface area (Å²) in [5.41, 5.74) is 15.2. The molecule has 0 aliphatic heterocycles. The van der Waals surface area contributed by atoms with Crippen molar-refractivity contribution in [3.63, 3.8) is 0 Å². The van der Waals surface area contributed by atoms with Crippen molar-refractivity contribution in [3.8, 4) is 22.6 Å². The van der Waals surface area contributed by atoms with Crippen LogP contribution in [0.15, 0.2) is 41.0 Å². The van der Waals surface area contributed by atoms with Gasteiger partial charge < -0.3 is 16.5 Å². The van der Waals surface area contributed by atoms with Crippen molar-refractivity contribution in [2.45, 2.75) is 20.8 Å². The Morgan fingerprint density at radius 1 is 1.16 bits per heavy atom. The lowest BCUT2D eigenvalue weighted by molar-refractivity contribution is 0.100. The van der Waals surface area contributed by atoms with Gasteiger partial charge in [0, 0.05) is 6.20 Å². The van der Waals surface area contributed by atoms with Crippen molar-refractivity contribution in [3.05, 3.63) is 52.1 Å². The average Bonchev–Trinajstić information content (AvgIpc) is 2.97. The van der Waals surface area contributed by atoms with Crippen molar-refractivity contribution in [2.75, 3.05) is 5.73 Å². The molecule has 2 heterocycles. The number of nitrogens with one attached hydrogen (secondary N) is 1. The first-order chi connectivity index (χ1) is 12.0. The Bertz CT molecular complexity index is 890. The van der Waals surface area contributed by atoms with E-state index in [1.165, 1.54) is 0 Å². The number of carbonyl (C=O) groups excluding carboxylic acids is 1. The Kier molecular flexibility index (Phi) is 5.93. The summed E-state index contributed by atoms with van der Waals surface area (Å²) in [5, 5.41) is 0. The third-order valence-corrected chi connectivity index (χ3v) is 4.14. The zero-order valence-electron chi connectivity index (χ0n) is 14.3. The van der Waals surface area contributed by atoms with E-state index in [1.54, 1.807) is 6.20 Å². The van der Waals surface area contributed by atoms with Gasteiger partial charge in [-0.05, 0) is 34.0 Å². The van der Waals surface area contributed by atoms with Gasteiger partial charge in [0.2, 0.25) is 5.95 Å². The molecular weight excluding hydrogens is 382 g/mol. The van der Waals surface area contributed by atoms with Crippen LogP contribution in [0.1, 0.15) is 29.8 Å². The number of amides is 1. The second-order valence-electron chi connectivity index (χ2n) is 5.03. The third-order valence-electron chi connectivity index (χ3n) is 3.56. The number of aromatic amines is 1. The van der Waals surface area contributed by atoms with Gasteiger partial charge in [0.05, 0.1) is 21.4 Å². The number of nitrogens with two attached hydrogens (primary N) is 2. The average molecular weight is 402 g/mol. The van der Waals surface area contributed by atoms with E-state index in [-0.39, 0.29) is 5.95 Å². The number of carbonyl (C=O) groups is 1. The number of aromatic nitrogens is 3. The first-order valence-corrected chi connectivity index (χ1v) is 8.64. The molecule has 25 heavy (non-hydrogen) atoms. The van der Waals surface area contributed by atoms with Crippen molar-refractivity contribution in [1.29, 1.82) is 0 Å². The SMILES string of the molecule is CC.Cc1c(-c2nc(N)ncc2Br)[nH]c(-c2ccccc2)c1C(N)=O. The van der Waals surface area contributed by atoms with E-state index in [1.807, 2.05) is 51.1 Å². The number of anilines is 1. The van der Waals surface area contributed by atoms with Crippen molar-refractivity contribution >= 4 is 27.8 Å². The Balaban J connectivity index is 0.00000109. The minimum Gasteiger partial charge on any atom is -0.368 e. The van der Waals surface area contributed by atoms with Crippen LogP contribution < -0.4 is 11.5 Å². The molecule has 0 fully saturated rings. The molecule has 0 spiro atoms. The van der Waals surface area contributed by atoms with E-state index in [2.05, 4.69) is 30.9 Å². The van der Waals surface area contributed by atoms with Crippen LogP contribution in [0.4, 0.5) is 5.95 Å². The van der Waals surface area contributed by atoms with Gasteiger partial charge in [-0.2, -0.15) is 0 Å². The maximum atomic E-state index is 11.9. The topological polar surface area (TPSA) is 111 Å². The summed E-state index contributed by atoms with van der Waals surface area (Å²) >= 11 is 3.41. The largest absolute Gasteiger partial charge is 0.368 e. The number of H-pyrrole nitrogens is 1. The van der Waals surface area contributed by atoms with Crippen molar-refractivity contribution < 1.29 is 4.79 Å². The van der Waals surface area contributed by atoms with Crippen LogP contribution in [0, 0.1) is 6.92 Å². The van der Waals surface area contributed by atoms with Gasteiger partial charge >= 0.3 is 0 Å². The lowest BCUT2D eigenvalue weighted by atomic mass is 10.0. The Labute approximate surface area is 154 Å². The minimum atomic E-state index is -0.498. The number of nitrogen functional groups attached to an aromatic ring is 1. The molecule has 130 valence electrons. The summed E-state index contributed by atoms with van der Waals surface area (Å²) in [5.74, 6) is -0.346. The minimum absolute atomic E-state index is 0.152. The number of hydrogen-bond acceptors (Lipinski definition) is 4. The number of rotatable bonds is 3. The molecule has 2 aromatic heterocycles. The summed E-state index contributed by atoms with van der Waals surface area (Å²) in [4.78, 5) is 23.4. The molecule has 0 radical (unpaired) electrons. The van der Waals surface area contributed by atoms with Gasteiger partial charge in [0.1, 0.15) is 5.69 Å². The molecule has 3 rings (SSSR count). The predicted octanol–water partition coefficient (Wildman–Crippen LogP) is 3.92. The van der Waals surface area contributed by atoms with Crippen LogP contribution in [0.3, 0.4) is 0 Å². The van der Waals surface area contributed by atoms with Crippen molar-refractivity contribution in [2.24, 2.45) is 5.73 Å². The van der Waals surface area contributed by atoms with Gasteiger partial charge in [-0.25, -0.2) is 9.97 Å². The Hall–Kier alpha value is -2.67. The van der Waals surface area contributed by atoms with Crippen LogP contribution in [-0.4, -0.2) is 20.9 Å². The van der Waals surface area contributed by atoms with E-state index < -0.39 is 5.91 Å². The summed E-state index contributed by atoms with van der Waals surface area (Å²) in [6.45, 7) is 5.82. The molecule has 0 atom stereocenters. The van der Waals surface area contributed by atoms with Crippen LogP contribution in [0.2, 0.25) is 0 Å². The lowest BCUT2D eigenvalue weighted by Crippen LogP contribution is -2.12.